The number of benzene rings is 2. The van der Waals surface area contributed by atoms with Crippen molar-refractivity contribution in [1.29, 1.82) is 0 Å². The zero-order valence-electron chi connectivity index (χ0n) is 14.8. The maximum Gasteiger partial charge on any atom is 0.268 e. The molecule has 0 spiro atoms. The van der Waals surface area contributed by atoms with Crippen molar-refractivity contribution in [3.05, 3.63) is 71.7 Å². The standard InChI is InChI=1S/C19H20FN3O3S/c1-27(25,26)22-11-10-21-19(24)18-12-14-6-3-5-9-17(14)23(18)13-15-7-2-4-8-16(15)20/h2-9,12,22H,10-11,13H2,1H3,(H,21,24). The van der Waals surface area contributed by atoms with Gasteiger partial charge in [0, 0.05) is 29.6 Å². The molecule has 3 aromatic rings. The monoisotopic (exact) mass is 389 g/mol. The number of para-hydroxylation sites is 1. The third-order valence-electron chi connectivity index (χ3n) is 4.10. The SMILES string of the molecule is CS(=O)(=O)NCCNC(=O)c1cc2ccccc2n1Cc1ccccc1F. The zero-order chi connectivity index (χ0) is 19.4. The highest BCUT2D eigenvalue weighted by Gasteiger charge is 2.16. The molecule has 0 radical (unpaired) electrons. The fourth-order valence-electron chi connectivity index (χ4n) is 2.87. The van der Waals surface area contributed by atoms with Crippen molar-refractivity contribution in [2.24, 2.45) is 0 Å². The quantitative estimate of drug-likeness (QED) is 0.608. The number of rotatable bonds is 7. The molecule has 0 aliphatic heterocycles. The van der Waals surface area contributed by atoms with E-state index in [2.05, 4.69) is 10.0 Å². The topological polar surface area (TPSA) is 80.2 Å². The molecule has 27 heavy (non-hydrogen) atoms. The largest absolute Gasteiger partial charge is 0.349 e. The van der Waals surface area contributed by atoms with Crippen LogP contribution in [0.25, 0.3) is 10.9 Å². The number of carbonyl (C=O) groups is 1. The van der Waals surface area contributed by atoms with Crippen LogP contribution in [0.3, 0.4) is 0 Å². The lowest BCUT2D eigenvalue weighted by atomic mass is 10.2. The number of halogens is 1. The van der Waals surface area contributed by atoms with Crippen molar-refractivity contribution < 1.29 is 17.6 Å². The third kappa shape index (κ3) is 4.72. The fourth-order valence-corrected chi connectivity index (χ4v) is 3.34. The van der Waals surface area contributed by atoms with Crippen molar-refractivity contribution in [3.63, 3.8) is 0 Å². The number of hydrogen-bond acceptors (Lipinski definition) is 3. The number of amides is 1. The minimum absolute atomic E-state index is 0.0954. The fraction of sp³-hybridized carbons (Fsp3) is 0.211. The van der Waals surface area contributed by atoms with Crippen LogP contribution in [0.1, 0.15) is 16.1 Å². The molecule has 6 nitrogen and oxygen atoms in total. The molecule has 8 heteroatoms. The summed E-state index contributed by atoms with van der Waals surface area (Å²) in [6.45, 7) is 0.454. The van der Waals surface area contributed by atoms with Crippen LogP contribution in [-0.4, -0.2) is 38.2 Å². The summed E-state index contributed by atoms with van der Waals surface area (Å²) < 4.78 is 40.3. The lowest BCUT2D eigenvalue weighted by Crippen LogP contribution is -2.35. The molecule has 0 saturated heterocycles. The highest BCUT2D eigenvalue weighted by molar-refractivity contribution is 7.88. The minimum atomic E-state index is -3.31. The molecule has 2 N–H and O–H groups in total. The number of aromatic nitrogens is 1. The normalized spacial score (nSPS) is 11.6. The van der Waals surface area contributed by atoms with Crippen molar-refractivity contribution >= 4 is 26.8 Å². The summed E-state index contributed by atoms with van der Waals surface area (Å²) in [4.78, 5) is 12.6. The number of nitrogens with one attached hydrogen (secondary N) is 2. The molecule has 1 aromatic heterocycles. The number of carbonyl (C=O) groups excluding carboxylic acids is 1. The van der Waals surface area contributed by atoms with E-state index in [0.29, 0.717) is 11.3 Å². The van der Waals surface area contributed by atoms with Crippen molar-refractivity contribution in [2.75, 3.05) is 19.3 Å². The van der Waals surface area contributed by atoms with E-state index in [9.17, 15) is 17.6 Å². The first-order chi connectivity index (χ1) is 12.8. The predicted octanol–water partition coefficient (Wildman–Crippen LogP) is 2.11. The van der Waals surface area contributed by atoms with Gasteiger partial charge in [0.25, 0.3) is 5.91 Å². The van der Waals surface area contributed by atoms with Gasteiger partial charge >= 0.3 is 0 Å². The van der Waals surface area contributed by atoms with Gasteiger partial charge < -0.3 is 9.88 Å². The van der Waals surface area contributed by atoms with Crippen LogP contribution < -0.4 is 10.0 Å². The Morgan fingerprint density at radius 2 is 1.78 bits per heavy atom. The Labute approximate surface area is 157 Å². The molecule has 1 heterocycles. The predicted molar refractivity (Wildman–Crippen MR) is 103 cm³/mol. The summed E-state index contributed by atoms with van der Waals surface area (Å²) in [6.07, 6.45) is 1.06. The molecule has 3 rings (SSSR count). The van der Waals surface area contributed by atoms with Crippen LogP contribution >= 0.6 is 0 Å². The van der Waals surface area contributed by atoms with Gasteiger partial charge in [0.2, 0.25) is 10.0 Å². The molecule has 2 aromatic carbocycles. The number of sulfonamides is 1. The Kier molecular flexibility index (Phi) is 5.57. The van der Waals surface area contributed by atoms with Crippen molar-refractivity contribution in [3.8, 4) is 0 Å². The van der Waals surface area contributed by atoms with Gasteiger partial charge in [0.15, 0.2) is 0 Å². The van der Waals surface area contributed by atoms with E-state index in [1.807, 2.05) is 24.3 Å². The van der Waals surface area contributed by atoms with E-state index in [-0.39, 0.29) is 31.4 Å². The molecule has 0 atom stereocenters. The van der Waals surface area contributed by atoms with E-state index in [0.717, 1.165) is 17.2 Å². The number of fused-ring (bicyclic) bond motifs is 1. The lowest BCUT2D eigenvalue weighted by molar-refractivity contribution is 0.0946. The Morgan fingerprint density at radius 1 is 1.07 bits per heavy atom. The van der Waals surface area contributed by atoms with Gasteiger partial charge in [-0.25, -0.2) is 17.5 Å². The van der Waals surface area contributed by atoms with E-state index >= 15 is 0 Å². The second kappa shape index (κ2) is 7.89. The van der Waals surface area contributed by atoms with Gasteiger partial charge in [0.1, 0.15) is 11.5 Å². The Morgan fingerprint density at radius 3 is 2.52 bits per heavy atom. The van der Waals surface area contributed by atoms with Crippen LogP contribution in [0.4, 0.5) is 4.39 Å². The Bertz CT molecular complexity index is 1080. The van der Waals surface area contributed by atoms with E-state index in [1.165, 1.54) is 6.07 Å². The zero-order valence-corrected chi connectivity index (χ0v) is 15.6. The first kappa shape index (κ1) is 19.1. The molecule has 0 aliphatic carbocycles. The second-order valence-corrected chi connectivity index (χ2v) is 8.02. The Balaban J connectivity index is 1.86. The maximum atomic E-state index is 14.1. The average Bonchev–Trinajstić information content (AvgIpc) is 2.98. The molecule has 1 amide bonds. The third-order valence-corrected chi connectivity index (χ3v) is 4.83. The van der Waals surface area contributed by atoms with Gasteiger partial charge in [-0.3, -0.25) is 4.79 Å². The number of nitrogens with zero attached hydrogens (tertiary/aromatic N) is 1. The highest BCUT2D eigenvalue weighted by atomic mass is 32.2. The summed E-state index contributed by atoms with van der Waals surface area (Å²) in [5, 5.41) is 3.56. The maximum absolute atomic E-state index is 14.1. The van der Waals surface area contributed by atoms with Gasteiger partial charge in [-0.05, 0) is 18.2 Å². The first-order valence-electron chi connectivity index (χ1n) is 8.39. The molecule has 0 saturated carbocycles. The first-order valence-corrected chi connectivity index (χ1v) is 10.3. The summed E-state index contributed by atoms with van der Waals surface area (Å²) in [5.74, 6) is -0.683. The van der Waals surface area contributed by atoms with Gasteiger partial charge in [0.05, 0.1) is 12.8 Å². The van der Waals surface area contributed by atoms with Crippen LogP contribution in [0.5, 0.6) is 0 Å². The van der Waals surface area contributed by atoms with Crippen LogP contribution in [0, 0.1) is 5.82 Å². The Hall–Kier alpha value is -2.71. The van der Waals surface area contributed by atoms with Gasteiger partial charge in [-0.1, -0.05) is 36.4 Å². The molecule has 0 aliphatic rings. The smallest absolute Gasteiger partial charge is 0.268 e. The van der Waals surface area contributed by atoms with Crippen molar-refractivity contribution in [2.45, 2.75) is 6.54 Å². The second-order valence-electron chi connectivity index (χ2n) is 6.19. The summed E-state index contributed by atoms with van der Waals surface area (Å²) in [6, 6.07) is 15.7. The highest BCUT2D eigenvalue weighted by Crippen LogP contribution is 2.22. The van der Waals surface area contributed by atoms with E-state index < -0.39 is 10.0 Å². The van der Waals surface area contributed by atoms with Crippen LogP contribution in [0.15, 0.2) is 54.6 Å². The summed E-state index contributed by atoms with van der Waals surface area (Å²) in [5.41, 5.74) is 1.69. The minimum Gasteiger partial charge on any atom is -0.349 e. The van der Waals surface area contributed by atoms with Crippen LogP contribution in [0.2, 0.25) is 0 Å². The summed E-state index contributed by atoms with van der Waals surface area (Å²) in [7, 11) is -3.31. The molecule has 0 bridgehead atoms. The summed E-state index contributed by atoms with van der Waals surface area (Å²) >= 11 is 0. The van der Waals surface area contributed by atoms with E-state index in [1.54, 1.807) is 28.8 Å². The number of hydrogen-bond donors (Lipinski definition) is 2. The van der Waals surface area contributed by atoms with Crippen LogP contribution in [-0.2, 0) is 16.6 Å². The molecule has 142 valence electrons. The van der Waals surface area contributed by atoms with Gasteiger partial charge in [-0.2, -0.15) is 0 Å². The molecule has 0 unspecified atom stereocenters. The lowest BCUT2D eigenvalue weighted by Gasteiger charge is -2.12. The van der Waals surface area contributed by atoms with Gasteiger partial charge in [-0.15, -0.1) is 0 Å². The molecular weight excluding hydrogens is 369 g/mol. The molecular formula is C19H20FN3O3S. The van der Waals surface area contributed by atoms with E-state index in [4.69, 9.17) is 0 Å². The average molecular weight is 389 g/mol. The molecule has 0 fully saturated rings. The van der Waals surface area contributed by atoms with Crippen molar-refractivity contribution in [1.82, 2.24) is 14.6 Å².